The summed E-state index contributed by atoms with van der Waals surface area (Å²) in [7, 11) is 0. The quantitative estimate of drug-likeness (QED) is 0.803. The summed E-state index contributed by atoms with van der Waals surface area (Å²) >= 11 is 0. The fraction of sp³-hybridized carbons (Fsp3) is 0.600. The van der Waals surface area contributed by atoms with Gasteiger partial charge in [-0.3, -0.25) is 4.90 Å². The first kappa shape index (κ1) is 11.2. The molecular weight excluding hydrogens is 210 g/mol. The second-order valence-corrected chi connectivity index (χ2v) is 5.37. The lowest BCUT2D eigenvalue weighted by atomic mass is 10.1. The van der Waals surface area contributed by atoms with E-state index < -0.39 is 0 Å². The number of hydrogen-bond donors (Lipinski definition) is 1. The monoisotopic (exact) mass is 231 g/mol. The Hall–Kier alpha value is -0.860. The molecule has 92 valence electrons. The van der Waals surface area contributed by atoms with Gasteiger partial charge in [0.2, 0.25) is 0 Å². The predicted octanol–water partition coefficient (Wildman–Crippen LogP) is 2.52. The van der Waals surface area contributed by atoms with E-state index in [0.717, 1.165) is 25.1 Å². The number of aliphatic hydroxyl groups is 1. The number of nitrogens with zero attached hydrogens (tertiary/aromatic N) is 1. The van der Waals surface area contributed by atoms with Gasteiger partial charge in [-0.25, -0.2) is 0 Å². The summed E-state index contributed by atoms with van der Waals surface area (Å²) in [6.07, 6.45) is 6.04. The highest BCUT2D eigenvalue weighted by Crippen LogP contribution is 2.35. The van der Waals surface area contributed by atoms with Crippen molar-refractivity contribution in [1.82, 2.24) is 4.90 Å². The number of rotatable bonds is 1. The first-order chi connectivity index (χ1) is 8.36. The zero-order chi connectivity index (χ0) is 11.7. The molecule has 2 heteroatoms. The first-order valence-electron chi connectivity index (χ1n) is 6.86. The zero-order valence-electron chi connectivity index (χ0n) is 10.3. The van der Waals surface area contributed by atoms with E-state index in [9.17, 15) is 5.11 Å². The number of hydrogen-bond acceptors (Lipinski definition) is 2. The lowest BCUT2D eigenvalue weighted by Crippen LogP contribution is -2.38. The molecule has 1 aromatic rings. The van der Waals surface area contributed by atoms with Crippen LogP contribution in [-0.2, 0) is 6.42 Å². The molecule has 1 N–H and O–H groups in total. The number of likely N-dealkylation sites (tertiary alicyclic amines) is 1. The Morgan fingerprint density at radius 2 is 1.71 bits per heavy atom. The average molecular weight is 231 g/mol. The highest BCUT2D eigenvalue weighted by molar-refractivity contribution is 5.35. The average Bonchev–Trinajstić information content (AvgIpc) is 2.57. The van der Waals surface area contributed by atoms with Gasteiger partial charge in [-0.05, 0) is 43.5 Å². The Morgan fingerprint density at radius 1 is 1.00 bits per heavy atom. The standard InChI is InChI=1S/C15H21NO/c17-15-13-8-4-3-7-12(13)11-14(15)16-9-5-1-2-6-10-16/h3-4,7-8,14-15,17H,1-2,5-6,9-11H2. The van der Waals surface area contributed by atoms with Crippen LogP contribution in [0.3, 0.4) is 0 Å². The molecule has 1 heterocycles. The SMILES string of the molecule is OC1c2ccccc2CC1N1CCCCCC1. The minimum atomic E-state index is -0.274. The summed E-state index contributed by atoms with van der Waals surface area (Å²) in [5, 5.41) is 10.4. The summed E-state index contributed by atoms with van der Waals surface area (Å²) < 4.78 is 0. The third-order valence-corrected chi connectivity index (χ3v) is 4.28. The van der Waals surface area contributed by atoms with E-state index in [4.69, 9.17) is 0 Å². The number of benzene rings is 1. The van der Waals surface area contributed by atoms with Gasteiger partial charge in [0.25, 0.3) is 0 Å². The Labute approximate surface area is 103 Å². The molecule has 0 aromatic heterocycles. The topological polar surface area (TPSA) is 23.5 Å². The Morgan fingerprint density at radius 3 is 2.41 bits per heavy atom. The van der Waals surface area contributed by atoms with Gasteiger partial charge in [0.1, 0.15) is 0 Å². The van der Waals surface area contributed by atoms with E-state index >= 15 is 0 Å². The van der Waals surface area contributed by atoms with Crippen LogP contribution in [0.2, 0.25) is 0 Å². The van der Waals surface area contributed by atoms with Gasteiger partial charge in [0.15, 0.2) is 0 Å². The van der Waals surface area contributed by atoms with Crippen LogP contribution in [0.4, 0.5) is 0 Å². The lowest BCUT2D eigenvalue weighted by molar-refractivity contribution is 0.0626. The van der Waals surface area contributed by atoms with Crippen LogP contribution in [0.15, 0.2) is 24.3 Å². The summed E-state index contributed by atoms with van der Waals surface area (Å²) in [4.78, 5) is 2.51. The normalized spacial score (nSPS) is 29.9. The van der Waals surface area contributed by atoms with Gasteiger partial charge in [0, 0.05) is 6.04 Å². The molecule has 2 aliphatic rings. The summed E-state index contributed by atoms with van der Waals surface area (Å²) in [6.45, 7) is 2.32. The van der Waals surface area contributed by atoms with Gasteiger partial charge in [-0.15, -0.1) is 0 Å². The predicted molar refractivity (Wildman–Crippen MR) is 68.9 cm³/mol. The summed E-state index contributed by atoms with van der Waals surface area (Å²) in [6, 6.07) is 8.68. The van der Waals surface area contributed by atoms with Gasteiger partial charge < -0.3 is 5.11 Å². The third kappa shape index (κ3) is 2.12. The van der Waals surface area contributed by atoms with E-state index in [2.05, 4.69) is 23.1 Å². The van der Waals surface area contributed by atoms with Gasteiger partial charge in [-0.1, -0.05) is 37.1 Å². The van der Waals surface area contributed by atoms with E-state index in [-0.39, 0.29) is 6.10 Å². The largest absolute Gasteiger partial charge is 0.387 e. The molecule has 3 rings (SSSR count). The van der Waals surface area contributed by atoms with Crippen LogP contribution < -0.4 is 0 Å². The fourth-order valence-electron chi connectivity index (χ4n) is 3.31. The van der Waals surface area contributed by atoms with Crippen molar-refractivity contribution in [3.63, 3.8) is 0 Å². The van der Waals surface area contributed by atoms with Crippen LogP contribution in [0, 0.1) is 0 Å². The van der Waals surface area contributed by atoms with Crippen LogP contribution in [0.25, 0.3) is 0 Å². The molecule has 0 amide bonds. The number of aliphatic hydroxyl groups excluding tert-OH is 1. The zero-order valence-corrected chi connectivity index (χ0v) is 10.3. The molecule has 1 aliphatic carbocycles. The first-order valence-corrected chi connectivity index (χ1v) is 6.86. The molecule has 0 saturated carbocycles. The fourth-order valence-corrected chi connectivity index (χ4v) is 3.31. The molecule has 1 aliphatic heterocycles. The third-order valence-electron chi connectivity index (χ3n) is 4.28. The smallest absolute Gasteiger partial charge is 0.0951 e. The molecule has 0 spiro atoms. The van der Waals surface area contributed by atoms with Crippen LogP contribution in [0.5, 0.6) is 0 Å². The van der Waals surface area contributed by atoms with Crippen molar-refractivity contribution in [2.75, 3.05) is 13.1 Å². The molecule has 17 heavy (non-hydrogen) atoms. The molecule has 2 nitrogen and oxygen atoms in total. The van der Waals surface area contributed by atoms with Crippen LogP contribution in [0.1, 0.15) is 42.9 Å². The molecular formula is C15H21NO. The maximum Gasteiger partial charge on any atom is 0.0951 e. The van der Waals surface area contributed by atoms with Crippen molar-refractivity contribution in [3.8, 4) is 0 Å². The van der Waals surface area contributed by atoms with Crippen molar-refractivity contribution in [2.24, 2.45) is 0 Å². The second-order valence-electron chi connectivity index (χ2n) is 5.37. The Kier molecular flexibility index (Phi) is 3.17. The minimum Gasteiger partial charge on any atom is -0.387 e. The van der Waals surface area contributed by atoms with Crippen molar-refractivity contribution in [2.45, 2.75) is 44.2 Å². The van der Waals surface area contributed by atoms with E-state index in [1.165, 1.54) is 31.2 Å². The van der Waals surface area contributed by atoms with Crippen molar-refractivity contribution in [3.05, 3.63) is 35.4 Å². The van der Waals surface area contributed by atoms with Gasteiger partial charge >= 0.3 is 0 Å². The van der Waals surface area contributed by atoms with Crippen LogP contribution in [-0.4, -0.2) is 29.1 Å². The lowest BCUT2D eigenvalue weighted by Gasteiger charge is -2.29. The molecule has 0 radical (unpaired) electrons. The summed E-state index contributed by atoms with van der Waals surface area (Å²) in [5.41, 5.74) is 2.50. The summed E-state index contributed by atoms with van der Waals surface area (Å²) in [5.74, 6) is 0. The van der Waals surface area contributed by atoms with Crippen molar-refractivity contribution in [1.29, 1.82) is 0 Å². The molecule has 1 fully saturated rings. The number of fused-ring (bicyclic) bond motifs is 1. The Bertz CT molecular complexity index is 382. The van der Waals surface area contributed by atoms with Gasteiger partial charge in [-0.2, -0.15) is 0 Å². The second kappa shape index (κ2) is 4.79. The maximum absolute atomic E-state index is 10.4. The van der Waals surface area contributed by atoms with E-state index in [0.29, 0.717) is 6.04 Å². The molecule has 1 saturated heterocycles. The van der Waals surface area contributed by atoms with Gasteiger partial charge in [0.05, 0.1) is 6.10 Å². The van der Waals surface area contributed by atoms with E-state index in [1.807, 2.05) is 6.07 Å². The van der Waals surface area contributed by atoms with Crippen molar-refractivity contribution < 1.29 is 5.11 Å². The van der Waals surface area contributed by atoms with E-state index in [1.54, 1.807) is 0 Å². The minimum absolute atomic E-state index is 0.274. The highest BCUT2D eigenvalue weighted by atomic mass is 16.3. The Balaban J connectivity index is 1.78. The van der Waals surface area contributed by atoms with Crippen molar-refractivity contribution >= 4 is 0 Å². The molecule has 2 atom stereocenters. The molecule has 1 aromatic carbocycles. The van der Waals surface area contributed by atoms with Crippen LogP contribution >= 0.6 is 0 Å². The highest BCUT2D eigenvalue weighted by Gasteiger charge is 2.34. The molecule has 0 bridgehead atoms. The molecule has 2 unspecified atom stereocenters. The maximum atomic E-state index is 10.4.